The molecule has 0 radical (unpaired) electrons. The van der Waals surface area contributed by atoms with E-state index in [1.165, 1.54) is 0 Å². The molecular weight excluding hydrogens is 330 g/mol. The van der Waals surface area contributed by atoms with Crippen LogP contribution in [0.4, 0.5) is 5.69 Å². The average Bonchev–Trinajstić information content (AvgIpc) is 2.59. The molecule has 2 atom stereocenters. The highest BCUT2D eigenvalue weighted by Gasteiger charge is 2.35. The van der Waals surface area contributed by atoms with Crippen LogP contribution in [0.25, 0.3) is 0 Å². The number of aryl methyl sites for hydroxylation is 1. The molecule has 5 heteroatoms. The van der Waals surface area contributed by atoms with Crippen molar-refractivity contribution in [2.24, 2.45) is 10.9 Å². The van der Waals surface area contributed by atoms with Gasteiger partial charge in [-0.3, -0.25) is 4.79 Å². The molecule has 2 N–H and O–H groups in total. The Labute approximate surface area is 153 Å². The Balaban J connectivity index is 1.93. The molecule has 0 bridgehead atoms. The Morgan fingerprint density at radius 3 is 2.52 bits per heavy atom. The predicted molar refractivity (Wildman–Crippen MR) is 106 cm³/mol. The molecule has 1 amide bonds. The number of hydrogen-bond donors (Lipinski definition) is 2. The van der Waals surface area contributed by atoms with E-state index < -0.39 is 5.92 Å². The molecule has 0 saturated heterocycles. The summed E-state index contributed by atoms with van der Waals surface area (Å²) in [6.07, 6.45) is 0. The molecule has 0 aliphatic carbocycles. The summed E-state index contributed by atoms with van der Waals surface area (Å²) in [5.74, 6) is -0.507. The van der Waals surface area contributed by atoms with Crippen molar-refractivity contribution in [1.82, 2.24) is 5.32 Å². The van der Waals surface area contributed by atoms with E-state index in [-0.39, 0.29) is 11.9 Å². The van der Waals surface area contributed by atoms with Gasteiger partial charge in [-0.2, -0.15) is 0 Å². The van der Waals surface area contributed by atoms with E-state index in [2.05, 4.69) is 15.6 Å². The number of nitrogens with zero attached hydrogens (tertiary/aromatic N) is 1. The van der Waals surface area contributed by atoms with Gasteiger partial charge in [-0.05, 0) is 55.7 Å². The van der Waals surface area contributed by atoms with Crippen LogP contribution in [0.15, 0.2) is 53.5 Å². The van der Waals surface area contributed by atoms with Gasteiger partial charge < -0.3 is 10.6 Å². The minimum absolute atomic E-state index is 0.0844. The van der Waals surface area contributed by atoms with Crippen molar-refractivity contribution in [1.29, 1.82) is 0 Å². The van der Waals surface area contributed by atoms with E-state index in [9.17, 15) is 4.79 Å². The van der Waals surface area contributed by atoms with Gasteiger partial charge in [-0.25, -0.2) is 4.99 Å². The number of anilines is 1. The third kappa shape index (κ3) is 3.61. The van der Waals surface area contributed by atoms with Gasteiger partial charge in [-0.1, -0.05) is 42.5 Å². The highest BCUT2D eigenvalue weighted by molar-refractivity contribution is 7.80. The molecule has 25 heavy (non-hydrogen) atoms. The lowest BCUT2D eigenvalue weighted by atomic mass is 9.87. The fourth-order valence-electron chi connectivity index (χ4n) is 3.09. The maximum absolute atomic E-state index is 13.1. The van der Waals surface area contributed by atoms with Gasteiger partial charge in [-0.15, -0.1) is 0 Å². The fourth-order valence-corrected chi connectivity index (χ4v) is 3.36. The van der Waals surface area contributed by atoms with E-state index in [1.807, 2.05) is 69.3 Å². The van der Waals surface area contributed by atoms with Crippen LogP contribution in [-0.2, 0) is 4.79 Å². The second kappa shape index (κ2) is 7.15. The zero-order chi connectivity index (χ0) is 18.0. The fraction of sp³-hybridized carbons (Fsp3) is 0.250. The van der Waals surface area contributed by atoms with Gasteiger partial charge in [0.05, 0.1) is 6.04 Å². The number of aliphatic imine (C=N–C) groups is 1. The van der Waals surface area contributed by atoms with Gasteiger partial charge in [0, 0.05) is 11.4 Å². The SMILES string of the molecule is CC1=NC(=S)NC(c2ccccc2)C1C(=O)Nc1cccc(C)c1C. The Morgan fingerprint density at radius 2 is 1.80 bits per heavy atom. The second-order valence-electron chi connectivity index (χ2n) is 6.31. The number of thiocarbonyl (C=S) groups is 1. The highest BCUT2D eigenvalue weighted by atomic mass is 32.1. The van der Waals surface area contributed by atoms with Crippen molar-refractivity contribution in [3.8, 4) is 0 Å². The summed E-state index contributed by atoms with van der Waals surface area (Å²) in [7, 11) is 0. The maximum atomic E-state index is 13.1. The van der Waals surface area contributed by atoms with Crippen molar-refractivity contribution in [2.75, 3.05) is 5.32 Å². The Bertz CT molecular complexity index is 845. The summed E-state index contributed by atoms with van der Waals surface area (Å²) in [6, 6.07) is 15.5. The van der Waals surface area contributed by atoms with Crippen molar-refractivity contribution in [2.45, 2.75) is 26.8 Å². The van der Waals surface area contributed by atoms with Crippen molar-refractivity contribution >= 4 is 34.6 Å². The van der Waals surface area contributed by atoms with Gasteiger partial charge in [0.25, 0.3) is 0 Å². The third-order valence-electron chi connectivity index (χ3n) is 4.64. The first-order chi connectivity index (χ1) is 12.0. The second-order valence-corrected chi connectivity index (χ2v) is 6.69. The number of benzene rings is 2. The minimum atomic E-state index is -0.422. The van der Waals surface area contributed by atoms with Gasteiger partial charge in [0.2, 0.25) is 5.91 Å². The smallest absolute Gasteiger partial charge is 0.235 e. The zero-order valence-electron chi connectivity index (χ0n) is 14.5. The van der Waals surface area contributed by atoms with Crippen LogP contribution in [0.2, 0.25) is 0 Å². The summed E-state index contributed by atoms with van der Waals surface area (Å²) < 4.78 is 0. The number of nitrogens with one attached hydrogen (secondary N) is 2. The Kier molecular flexibility index (Phi) is 4.95. The molecule has 128 valence electrons. The molecule has 2 unspecified atom stereocenters. The first kappa shape index (κ1) is 17.3. The molecular formula is C20H21N3OS. The van der Waals surface area contributed by atoms with Crippen molar-refractivity contribution < 1.29 is 4.79 Å². The van der Waals surface area contributed by atoms with E-state index in [1.54, 1.807) is 0 Å². The molecule has 0 fully saturated rings. The zero-order valence-corrected chi connectivity index (χ0v) is 15.4. The number of carbonyl (C=O) groups is 1. The maximum Gasteiger partial charge on any atom is 0.235 e. The molecule has 0 spiro atoms. The van der Waals surface area contributed by atoms with Crippen LogP contribution in [0.5, 0.6) is 0 Å². The molecule has 1 heterocycles. The highest BCUT2D eigenvalue weighted by Crippen LogP contribution is 2.29. The van der Waals surface area contributed by atoms with Crippen LogP contribution >= 0.6 is 12.2 Å². The topological polar surface area (TPSA) is 53.5 Å². The lowest BCUT2D eigenvalue weighted by Crippen LogP contribution is -2.45. The summed E-state index contributed by atoms with van der Waals surface area (Å²) in [4.78, 5) is 17.4. The monoisotopic (exact) mass is 351 g/mol. The number of hydrogen-bond acceptors (Lipinski definition) is 2. The first-order valence-corrected chi connectivity index (χ1v) is 8.66. The van der Waals surface area contributed by atoms with E-state index in [0.29, 0.717) is 5.11 Å². The minimum Gasteiger partial charge on any atom is -0.353 e. The molecule has 0 aromatic heterocycles. The normalized spacial score (nSPS) is 19.8. The summed E-state index contributed by atoms with van der Waals surface area (Å²) >= 11 is 5.24. The Hall–Kier alpha value is -2.53. The van der Waals surface area contributed by atoms with Crippen molar-refractivity contribution in [3.05, 3.63) is 65.2 Å². The molecule has 3 rings (SSSR count). The average molecular weight is 351 g/mol. The first-order valence-electron chi connectivity index (χ1n) is 8.25. The molecule has 2 aromatic carbocycles. The lowest BCUT2D eigenvalue weighted by Gasteiger charge is -2.31. The standard InChI is InChI=1S/C20H21N3OS/c1-12-8-7-11-16(13(12)2)22-19(24)17-14(3)21-20(25)23-18(17)15-9-5-4-6-10-15/h4-11,17-18H,1-3H3,(H,22,24)(H,23,25). The summed E-state index contributed by atoms with van der Waals surface area (Å²) in [5, 5.41) is 6.67. The molecule has 4 nitrogen and oxygen atoms in total. The predicted octanol–water partition coefficient (Wildman–Crippen LogP) is 3.95. The Morgan fingerprint density at radius 1 is 1.08 bits per heavy atom. The number of carbonyl (C=O) groups excluding carboxylic acids is 1. The lowest BCUT2D eigenvalue weighted by molar-refractivity contribution is -0.118. The van der Waals surface area contributed by atoms with Crippen LogP contribution in [0.3, 0.4) is 0 Å². The largest absolute Gasteiger partial charge is 0.353 e. The van der Waals surface area contributed by atoms with Crippen molar-refractivity contribution in [3.63, 3.8) is 0 Å². The molecule has 0 saturated carbocycles. The van der Waals surface area contributed by atoms with E-state index >= 15 is 0 Å². The molecule has 2 aromatic rings. The third-order valence-corrected chi connectivity index (χ3v) is 4.85. The van der Waals surface area contributed by atoms with Gasteiger partial charge >= 0.3 is 0 Å². The van der Waals surface area contributed by atoms with E-state index in [4.69, 9.17) is 12.2 Å². The van der Waals surface area contributed by atoms with Gasteiger partial charge in [0.1, 0.15) is 5.92 Å². The molecule has 1 aliphatic rings. The quantitative estimate of drug-likeness (QED) is 0.823. The van der Waals surface area contributed by atoms with Crippen LogP contribution < -0.4 is 10.6 Å². The van der Waals surface area contributed by atoms with Gasteiger partial charge in [0.15, 0.2) is 5.11 Å². The molecule has 1 aliphatic heterocycles. The number of amides is 1. The van der Waals surface area contributed by atoms with Crippen LogP contribution in [0, 0.1) is 19.8 Å². The summed E-state index contributed by atoms with van der Waals surface area (Å²) in [5.41, 5.74) is 4.78. The van der Waals surface area contributed by atoms with Crippen LogP contribution in [-0.4, -0.2) is 16.7 Å². The number of rotatable bonds is 3. The summed E-state index contributed by atoms with van der Waals surface area (Å²) in [6.45, 7) is 5.90. The van der Waals surface area contributed by atoms with Crippen LogP contribution in [0.1, 0.15) is 29.7 Å². The van der Waals surface area contributed by atoms with E-state index in [0.717, 1.165) is 28.1 Å².